The van der Waals surface area contributed by atoms with E-state index in [1.165, 1.54) is 0 Å². The minimum Gasteiger partial charge on any atom is -0.448 e. The van der Waals surface area contributed by atoms with E-state index in [0.29, 0.717) is 5.92 Å². The van der Waals surface area contributed by atoms with Crippen molar-refractivity contribution in [2.45, 2.75) is 72.8 Å². The third kappa shape index (κ3) is 5.71. The summed E-state index contributed by atoms with van der Waals surface area (Å²) in [4.78, 5) is 20.1. The lowest BCUT2D eigenvalue weighted by atomic mass is 9.75. The topological polar surface area (TPSA) is 55.8 Å². The van der Waals surface area contributed by atoms with Crippen LogP contribution in [0.3, 0.4) is 0 Å². The minimum atomic E-state index is -1.38. The number of unbranched alkanes of at least 4 members (excludes halogenated alkanes) is 1. The molecular weight excluding hydrogens is 232 g/mol. The molecule has 0 bridgehead atoms. The number of rotatable bonds is 9. The molecule has 0 aliphatic rings. The molecule has 1 N–H and O–H groups in total. The maximum atomic E-state index is 10.5. The van der Waals surface area contributed by atoms with Crippen LogP contribution in [0.5, 0.6) is 0 Å². The van der Waals surface area contributed by atoms with Gasteiger partial charge >= 0.3 is 6.16 Å². The number of carboxylic acid groups (broad SMARTS) is 1. The molecule has 2 unspecified atom stereocenters. The Hall–Kier alpha value is -0.770. The van der Waals surface area contributed by atoms with Gasteiger partial charge in [-0.1, -0.05) is 53.9 Å². The molecule has 0 aromatic heterocycles. The summed E-state index contributed by atoms with van der Waals surface area (Å²) in [7, 11) is 0. The molecule has 0 aliphatic heterocycles. The van der Waals surface area contributed by atoms with E-state index in [9.17, 15) is 4.79 Å². The zero-order chi connectivity index (χ0) is 14.2. The fraction of sp³-hybridized carbons (Fsp3) is 0.929. The first-order valence-corrected chi connectivity index (χ1v) is 6.95. The van der Waals surface area contributed by atoms with Crippen LogP contribution >= 0.6 is 0 Å². The van der Waals surface area contributed by atoms with Gasteiger partial charge in [-0.2, -0.15) is 4.89 Å². The highest BCUT2D eigenvalue weighted by atomic mass is 17.2. The second-order valence-corrected chi connectivity index (χ2v) is 5.52. The van der Waals surface area contributed by atoms with Crippen molar-refractivity contribution in [3.8, 4) is 0 Å². The quantitative estimate of drug-likeness (QED) is 0.485. The van der Waals surface area contributed by atoms with E-state index in [1.807, 2.05) is 0 Å². The Morgan fingerprint density at radius 1 is 1.28 bits per heavy atom. The van der Waals surface area contributed by atoms with Crippen molar-refractivity contribution in [3.05, 3.63) is 0 Å². The molecule has 108 valence electrons. The molecule has 2 atom stereocenters. The van der Waals surface area contributed by atoms with Crippen molar-refractivity contribution in [2.75, 3.05) is 0 Å². The normalized spacial score (nSPS) is 15.2. The highest BCUT2D eigenvalue weighted by molar-refractivity contribution is 5.55. The summed E-state index contributed by atoms with van der Waals surface area (Å²) >= 11 is 0. The molecule has 0 aromatic rings. The average molecular weight is 260 g/mol. The summed E-state index contributed by atoms with van der Waals surface area (Å²) in [6, 6.07) is 0. The third-order valence-corrected chi connectivity index (χ3v) is 3.79. The predicted molar refractivity (Wildman–Crippen MR) is 71.4 cm³/mol. The highest BCUT2D eigenvalue weighted by Gasteiger charge is 2.36. The van der Waals surface area contributed by atoms with E-state index >= 15 is 0 Å². The van der Waals surface area contributed by atoms with E-state index in [2.05, 4.69) is 39.5 Å². The SMILES string of the molecule is CCCCC(CC)C(OOC(=O)O)C(C)(C)CC. The van der Waals surface area contributed by atoms with E-state index in [0.717, 1.165) is 32.1 Å². The van der Waals surface area contributed by atoms with Crippen LogP contribution in [0.15, 0.2) is 0 Å². The zero-order valence-electron chi connectivity index (χ0n) is 12.4. The van der Waals surface area contributed by atoms with Gasteiger partial charge in [-0.25, -0.2) is 4.79 Å². The van der Waals surface area contributed by atoms with Gasteiger partial charge in [0.1, 0.15) is 6.10 Å². The first kappa shape index (κ1) is 17.2. The molecule has 0 aromatic carbocycles. The van der Waals surface area contributed by atoms with Crippen LogP contribution in [0.25, 0.3) is 0 Å². The van der Waals surface area contributed by atoms with Crippen molar-refractivity contribution in [1.29, 1.82) is 0 Å². The van der Waals surface area contributed by atoms with E-state index in [-0.39, 0.29) is 11.5 Å². The Morgan fingerprint density at radius 3 is 2.28 bits per heavy atom. The second-order valence-electron chi connectivity index (χ2n) is 5.52. The lowest BCUT2D eigenvalue weighted by Crippen LogP contribution is -2.38. The van der Waals surface area contributed by atoms with Crippen LogP contribution in [-0.4, -0.2) is 17.4 Å². The smallest absolute Gasteiger partial charge is 0.448 e. The largest absolute Gasteiger partial charge is 0.537 e. The fourth-order valence-electron chi connectivity index (χ4n) is 2.18. The fourth-order valence-corrected chi connectivity index (χ4v) is 2.18. The average Bonchev–Trinajstić information content (AvgIpc) is 2.32. The van der Waals surface area contributed by atoms with Gasteiger partial charge in [-0.05, 0) is 24.2 Å². The Balaban J connectivity index is 4.74. The van der Waals surface area contributed by atoms with Crippen molar-refractivity contribution in [2.24, 2.45) is 11.3 Å². The van der Waals surface area contributed by atoms with Crippen molar-refractivity contribution in [3.63, 3.8) is 0 Å². The molecule has 4 heteroatoms. The lowest BCUT2D eigenvalue weighted by molar-refractivity contribution is -0.316. The van der Waals surface area contributed by atoms with Crippen LogP contribution in [-0.2, 0) is 9.78 Å². The number of hydrogen-bond acceptors (Lipinski definition) is 3. The van der Waals surface area contributed by atoms with Crippen molar-refractivity contribution >= 4 is 6.16 Å². The zero-order valence-corrected chi connectivity index (χ0v) is 12.4. The summed E-state index contributed by atoms with van der Waals surface area (Å²) in [5, 5.41) is 8.58. The van der Waals surface area contributed by atoms with Gasteiger partial charge in [-0.3, -0.25) is 4.89 Å². The van der Waals surface area contributed by atoms with Gasteiger partial charge in [0.15, 0.2) is 0 Å². The monoisotopic (exact) mass is 260 g/mol. The van der Waals surface area contributed by atoms with Crippen molar-refractivity contribution in [1.82, 2.24) is 0 Å². The molecular formula is C14H28O4. The molecule has 0 saturated carbocycles. The number of hydrogen-bond donors (Lipinski definition) is 1. The van der Waals surface area contributed by atoms with Crippen LogP contribution in [0.2, 0.25) is 0 Å². The Kier molecular flexibility index (Phi) is 8.00. The highest BCUT2D eigenvalue weighted by Crippen LogP contribution is 2.36. The standard InChI is InChI=1S/C14H28O4/c1-6-9-10-11(7-2)12(14(4,5)8-3)17-18-13(15)16/h11-12H,6-10H2,1-5H3,(H,15,16). The molecule has 0 saturated heterocycles. The molecule has 0 spiro atoms. The van der Waals surface area contributed by atoms with Gasteiger partial charge in [0.2, 0.25) is 0 Å². The molecule has 0 aliphatic carbocycles. The maximum Gasteiger partial charge on any atom is 0.537 e. The second kappa shape index (κ2) is 8.35. The molecule has 4 nitrogen and oxygen atoms in total. The molecule has 0 heterocycles. The lowest BCUT2D eigenvalue weighted by Gasteiger charge is -2.36. The first-order chi connectivity index (χ1) is 8.38. The Morgan fingerprint density at radius 2 is 1.89 bits per heavy atom. The molecule has 18 heavy (non-hydrogen) atoms. The van der Waals surface area contributed by atoms with Crippen LogP contribution in [0.4, 0.5) is 4.79 Å². The van der Waals surface area contributed by atoms with E-state index in [4.69, 9.17) is 9.99 Å². The molecule has 0 radical (unpaired) electrons. The van der Waals surface area contributed by atoms with Gasteiger partial charge < -0.3 is 5.11 Å². The van der Waals surface area contributed by atoms with Crippen LogP contribution < -0.4 is 0 Å². The predicted octanol–water partition coefficient (Wildman–Crippen LogP) is 4.63. The van der Waals surface area contributed by atoms with Crippen LogP contribution in [0, 0.1) is 11.3 Å². The summed E-state index contributed by atoms with van der Waals surface area (Å²) in [5.74, 6) is 0.333. The minimum absolute atomic E-state index is 0.0934. The van der Waals surface area contributed by atoms with Gasteiger partial charge in [0, 0.05) is 0 Å². The van der Waals surface area contributed by atoms with Gasteiger partial charge in [-0.15, -0.1) is 0 Å². The maximum absolute atomic E-state index is 10.5. The van der Waals surface area contributed by atoms with Gasteiger partial charge in [0.05, 0.1) is 0 Å². The molecule has 0 amide bonds. The summed E-state index contributed by atoms with van der Waals surface area (Å²) in [5.41, 5.74) is -0.0934. The molecule has 0 fully saturated rings. The first-order valence-electron chi connectivity index (χ1n) is 6.95. The molecule has 0 rings (SSSR count). The van der Waals surface area contributed by atoms with E-state index < -0.39 is 6.16 Å². The number of carbonyl (C=O) groups is 1. The summed E-state index contributed by atoms with van der Waals surface area (Å²) in [6.07, 6.45) is 3.64. The van der Waals surface area contributed by atoms with Gasteiger partial charge in [0.25, 0.3) is 0 Å². The van der Waals surface area contributed by atoms with Crippen molar-refractivity contribution < 1.29 is 19.7 Å². The third-order valence-electron chi connectivity index (χ3n) is 3.79. The summed E-state index contributed by atoms with van der Waals surface area (Å²) in [6.45, 7) is 10.5. The summed E-state index contributed by atoms with van der Waals surface area (Å²) < 4.78 is 0. The van der Waals surface area contributed by atoms with E-state index in [1.54, 1.807) is 0 Å². The Bertz CT molecular complexity index is 238. The van der Waals surface area contributed by atoms with Crippen LogP contribution in [0.1, 0.15) is 66.7 Å². The Labute approximate surface area is 111 Å².